The third-order valence-electron chi connectivity index (χ3n) is 5.93. The van der Waals surface area contributed by atoms with Crippen molar-refractivity contribution >= 4 is 53.0 Å². The Balaban J connectivity index is 1.32. The number of ether oxygens (including phenoxy) is 1. The lowest BCUT2D eigenvalue weighted by atomic mass is 9.95. The average molecular weight is 451 g/mol. The van der Waals surface area contributed by atoms with Crippen LogP contribution in [0.25, 0.3) is 10.9 Å². The van der Waals surface area contributed by atoms with Crippen LogP contribution in [0.15, 0.2) is 60.9 Å². The van der Waals surface area contributed by atoms with Crippen LogP contribution in [0.3, 0.4) is 0 Å². The zero-order valence-electron chi connectivity index (χ0n) is 19.3. The highest BCUT2D eigenvalue weighted by Crippen LogP contribution is 2.32. The van der Waals surface area contributed by atoms with Crippen molar-refractivity contribution in [3.05, 3.63) is 60.9 Å². The van der Waals surface area contributed by atoms with Crippen LogP contribution in [-0.2, 0) is 0 Å². The molecule has 5 rings (SSSR count). The fourth-order valence-corrected chi connectivity index (χ4v) is 4.02. The molecule has 0 amide bonds. The molecule has 1 saturated heterocycles. The number of rotatable bonds is 6. The van der Waals surface area contributed by atoms with Crippen LogP contribution in [0.1, 0.15) is 0 Å². The van der Waals surface area contributed by atoms with Crippen molar-refractivity contribution in [1.82, 2.24) is 19.9 Å². The minimum Gasteiger partial charge on any atom is -0.494 e. The third-order valence-corrected chi connectivity index (χ3v) is 5.93. The first-order chi connectivity index (χ1) is 16.6. The van der Waals surface area contributed by atoms with E-state index >= 15 is 0 Å². The van der Waals surface area contributed by atoms with Crippen LogP contribution < -0.4 is 25.7 Å². The summed E-state index contributed by atoms with van der Waals surface area (Å²) in [4.78, 5) is 18.2. The Morgan fingerprint density at radius 1 is 0.941 bits per heavy atom. The van der Waals surface area contributed by atoms with Gasteiger partial charge >= 0.3 is 0 Å². The summed E-state index contributed by atoms with van der Waals surface area (Å²) in [5.74, 6) is 1.86. The molecular formula is C25H26BN7O. The van der Waals surface area contributed by atoms with Crippen molar-refractivity contribution in [1.29, 1.82) is 0 Å². The molecule has 0 saturated carbocycles. The predicted octanol–water partition coefficient (Wildman–Crippen LogP) is 3.07. The smallest absolute Gasteiger partial charge is 0.229 e. The average Bonchev–Trinajstić information content (AvgIpc) is 2.85. The molecule has 1 aliphatic rings. The number of likely N-dealkylation sites (N-methyl/N-ethyl adjacent to an activating group) is 1. The maximum absolute atomic E-state index is 5.91. The molecule has 4 aromatic rings. The van der Waals surface area contributed by atoms with E-state index in [1.807, 2.05) is 36.4 Å². The normalized spacial score (nSPS) is 14.2. The maximum atomic E-state index is 5.91. The van der Waals surface area contributed by atoms with Gasteiger partial charge in [0.15, 0.2) is 0 Å². The quantitative estimate of drug-likeness (QED) is 0.434. The monoisotopic (exact) mass is 451 g/mol. The Labute approximate surface area is 200 Å². The van der Waals surface area contributed by atoms with Gasteiger partial charge in [-0.3, -0.25) is 4.98 Å². The van der Waals surface area contributed by atoms with Gasteiger partial charge in [-0.25, -0.2) is 4.98 Å². The highest BCUT2D eigenvalue weighted by molar-refractivity contribution is 6.33. The molecule has 0 spiro atoms. The number of piperazine rings is 1. The van der Waals surface area contributed by atoms with Crippen molar-refractivity contribution in [3.8, 4) is 5.75 Å². The van der Waals surface area contributed by atoms with Gasteiger partial charge in [-0.05, 0) is 37.4 Å². The molecule has 0 aliphatic carbocycles. The van der Waals surface area contributed by atoms with Gasteiger partial charge in [0.1, 0.15) is 19.4 Å². The first kappa shape index (κ1) is 22.0. The molecule has 2 aromatic carbocycles. The number of hydrogen-bond acceptors (Lipinski definition) is 8. The van der Waals surface area contributed by atoms with Gasteiger partial charge in [-0.15, -0.1) is 0 Å². The summed E-state index contributed by atoms with van der Waals surface area (Å²) in [7, 11) is 9.73. The number of anilines is 5. The van der Waals surface area contributed by atoms with Crippen LogP contribution in [0.2, 0.25) is 0 Å². The molecule has 34 heavy (non-hydrogen) atoms. The summed E-state index contributed by atoms with van der Waals surface area (Å²) in [5, 5.41) is 7.53. The zero-order chi connectivity index (χ0) is 23.5. The second-order valence-electron chi connectivity index (χ2n) is 8.37. The summed E-state index contributed by atoms with van der Waals surface area (Å²) >= 11 is 0. The van der Waals surface area contributed by atoms with Gasteiger partial charge in [-0.2, -0.15) is 4.98 Å². The molecule has 1 fully saturated rings. The number of nitrogens with one attached hydrogen (secondary N) is 2. The van der Waals surface area contributed by atoms with Crippen LogP contribution in [-0.4, -0.2) is 68.0 Å². The van der Waals surface area contributed by atoms with E-state index in [-0.39, 0.29) is 0 Å². The molecule has 2 radical (unpaired) electrons. The summed E-state index contributed by atoms with van der Waals surface area (Å²) < 4.78 is 5.66. The Hall–Kier alpha value is -3.85. The number of hydrogen-bond donors (Lipinski definition) is 2. The van der Waals surface area contributed by atoms with Crippen LogP contribution in [0.5, 0.6) is 5.75 Å². The molecule has 3 heterocycles. The molecular weight excluding hydrogens is 425 g/mol. The lowest BCUT2D eigenvalue weighted by Gasteiger charge is -2.34. The molecule has 170 valence electrons. The molecule has 2 aromatic heterocycles. The van der Waals surface area contributed by atoms with Gasteiger partial charge in [0, 0.05) is 49.5 Å². The molecule has 8 nitrogen and oxygen atoms in total. The van der Waals surface area contributed by atoms with Gasteiger partial charge < -0.3 is 25.2 Å². The van der Waals surface area contributed by atoms with Gasteiger partial charge in [-0.1, -0.05) is 17.6 Å². The van der Waals surface area contributed by atoms with Crippen molar-refractivity contribution < 1.29 is 4.74 Å². The summed E-state index contributed by atoms with van der Waals surface area (Å²) in [5.41, 5.74) is 4.36. The molecule has 9 heteroatoms. The van der Waals surface area contributed by atoms with Gasteiger partial charge in [0.25, 0.3) is 0 Å². The van der Waals surface area contributed by atoms with E-state index in [1.54, 1.807) is 19.5 Å². The second-order valence-corrected chi connectivity index (χ2v) is 8.37. The largest absolute Gasteiger partial charge is 0.494 e. The second kappa shape index (κ2) is 9.57. The van der Waals surface area contributed by atoms with E-state index in [9.17, 15) is 0 Å². The number of nitrogens with zero attached hydrogens (tertiary/aromatic N) is 5. The maximum Gasteiger partial charge on any atom is 0.229 e. The lowest BCUT2D eigenvalue weighted by Crippen LogP contribution is -2.44. The summed E-state index contributed by atoms with van der Waals surface area (Å²) in [6.45, 7) is 4.10. The highest BCUT2D eigenvalue weighted by Gasteiger charge is 2.16. The summed E-state index contributed by atoms with van der Waals surface area (Å²) in [6.07, 6.45) is 3.48. The predicted molar refractivity (Wildman–Crippen MR) is 138 cm³/mol. The van der Waals surface area contributed by atoms with Crippen molar-refractivity contribution in [3.63, 3.8) is 0 Å². The van der Waals surface area contributed by atoms with E-state index in [0.29, 0.717) is 17.2 Å². The van der Waals surface area contributed by atoms with Gasteiger partial charge in [0.2, 0.25) is 5.95 Å². The number of fused-ring (bicyclic) bond motifs is 1. The Morgan fingerprint density at radius 3 is 2.62 bits per heavy atom. The Kier molecular flexibility index (Phi) is 6.18. The zero-order valence-corrected chi connectivity index (χ0v) is 19.3. The number of pyridine rings is 1. The number of methoxy groups -OCH3 is 1. The van der Waals surface area contributed by atoms with Crippen molar-refractivity contribution in [2.75, 3.05) is 55.9 Å². The minimum absolute atomic E-state index is 0.466. The van der Waals surface area contributed by atoms with E-state index < -0.39 is 0 Å². The first-order valence-corrected chi connectivity index (χ1v) is 11.2. The van der Waals surface area contributed by atoms with Crippen molar-refractivity contribution in [2.24, 2.45) is 0 Å². The van der Waals surface area contributed by atoms with Crippen molar-refractivity contribution in [2.45, 2.75) is 0 Å². The van der Waals surface area contributed by atoms with E-state index in [1.165, 1.54) is 0 Å². The molecule has 1 aliphatic heterocycles. The lowest BCUT2D eigenvalue weighted by molar-refractivity contribution is 0.312. The third kappa shape index (κ3) is 4.89. The van der Waals surface area contributed by atoms with Crippen LogP contribution >= 0.6 is 0 Å². The standard InChI is InChI=1S/C25H26BN7O/c1-32-9-11-33(12-10-32)20-4-6-22(23(15-20)34-2)30-25-27-8-7-24(31-25)29-19-14-17-13-18(26)3-5-21(17)28-16-19/h3-8,13-16H,9-12H2,1-2H3,(H2,27,29,30,31). The van der Waals surface area contributed by atoms with Gasteiger partial charge in [0.05, 0.1) is 30.2 Å². The molecule has 0 unspecified atom stereocenters. The Bertz CT molecular complexity index is 1310. The van der Waals surface area contributed by atoms with E-state index in [2.05, 4.69) is 54.6 Å². The number of aromatic nitrogens is 3. The minimum atomic E-state index is 0.466. The van der Waals surface area contributed by atoms with E-state index in [4.69, 9.17) is 12.6 Å². The Morgan fingerprint density at radius 2 is 1.79 bits per heavy atom. The first-order valence-electron chi connectivity index (χ1n) is 11.2. The fourth-order valence-electron chi connectivity index (χ4n) is 4.02. The topological polar surface area (TPSA) is 78.4 Å². The molecule has 0 atom stereocenters. The molecule has 0 bridgehead atoms. The highest BCUT2D eigenvalue weighted by atomic mass is 16.5. The summed E-state index contributed by atoms with van der Waals surface area (Å²) in [6, 6.07) is 15.6. The van der Waals surface area contributed by atoms with Crippen LogP contribution in [0, 0.1) is 0 Å². The van der Waals surface area contributed by atoms with E-state index in [0.717, 1.165) is 59.9 Å². The molecule has 2 N–H and O–H groups in total. The fraction of sp³-hybridized carbons (Fsp3) is 0.240. The SMILES string of the molecule is [B]c1ccc2ncc(Nc3ccnc(Nc4ccc(N5CCN(C)CC5)cc4OC)n3)cc2c1. The van der Waals surface area contributed by atoms with Crippen LogP contribution in [0.4, 0.5) is 28.8 Å². The number of benzene rings is 2.